The van der Waals surface area contributed by atoms with Crippen LogP contribution in [0.25, 0.3) is 22.0 Å². The van der Waals surface area contributed by atoms with E-state index in [1.807, 2.05) is 36.4 Å². The van der Waals surface area contributed by atoms with E-state index < -0.39 is 6.04 Å². The Morgan fingerprint density at radius 2 is 1.71 bits per heavy atom. The largest absolute Gasteiger partial charge is 0.496 e. The molecule has 2 heterocycles. The Labute approximate surface area is 181 Å². The molecule has 2 unspecified atom stereocenters. The Hall–Kier alpha value is -3.57. The lowest BCUT2D eigenvalue weighted by Gasteiger charge is -2.31. The van der Waals surface area contributed by atoms with E-state index in [1.165, 1.54) is 7.11 Å². The minimum Gasteiger partial charge on any atom is -0.496 e. The first kappa shape index (κ1) is 19.4. The van der Waals surface area contributed by atoms with E-state index in [-0.39, 0.29) is 12.0 Å². The molecule has 3 aromatic carbocycles. The third-order valence-electron chi connectivity index (χ3n) is 6.04. The van der Waals surface area contributed by atoms with Crippen LogP contribution >= 0.6 is 0 Å². The highest BCUT2D eigenvalue weighted by Gasteiger charge is 2.35. The van der Waals surface area contributed by atoms with Crippen LogP contribution in [0.3, 0.4) is 0 Å². The average Bonchev–Trinajstić information content (AvgIpc) is 3.22. The summed E-state index contributed by atoms with van der Waals surface area (Å²) < 4.78 is 10.8. The molecular formula is C26H24N2O3. The van der Waals surface area contributed by atoms with E-state index in [1.54, 1.807) is 7.11 Å². The van der Waals surface area contributed by atoms with Crippen molar-refractivity contribution in [2.24, 2.45) is 0 Å². The highest BCUT2D eigenvalue weighted by Crippen LogP contribution is 2.40. The van der Waals surface area contributed by atoms with E-state index in [4.69, 9.17) is 9.47 Å². The fourth-order valence-corrected chi connectivity index (χ4v) is 4.54. The number of para-hydroxylation sites is 1. The predicted molar refractivity (Wildman–Crippen MR) is 121 cm³/mol. The van der Waals surface area contributed by atoms with Crippen LogP contribution < -0.4 is 10.1 Å². The number of hydrogen-bond acceptors (Lipinski definition) is 4. The summed E-state index contributed by atoms with van der Waals surface area (Å²) in [6.07, 6.45) is 0.573. The monoisotopic (exact) mass is 412 g/mol. The van der Waals surface area contributed by atoms with Gasteiger partial charge in [0.2, 0.25) is 0 Å². The van der Waals surface area contributed by atoms with Crippen molar-refractivity contribution < 1.29 is 14.3 Å². The minimum absolute atomic E-state index is 0.237. The number of aromatic nitrogens is 1. The van der Waals surface area contributed by atoms with Crippen molar-refractivity contribution in [3.63, 3.8) is 0 Å². The number of carbonyl (C=O) groups is 1. The topological polar surface area (TPSA) is 63.4 Å². The van der Waals surface area contributed by atoms with Crippen molar-refractivity contribution in [3.8, 4) is 16.9 Å². The Balaban J connectivity index is 1.69. The summed E-state index contributed by atoms with van der Waals surface area (Å²) in [6.45, 7) is 0. The Morgan fingerprint density at radius 1 is 0.935 bits per heavy atom. The number of benzene rings is 3. The smallest absolute Gasteiger partial charge is 0.323 e. The number of carbonyl (C=O) groups excluding carboxylic acids is 1. The molecule has 2 N–H and O–H groups in total. The van der Waals surface area contributed by atoms with Crippen LogP contribution in [0.15, 0.2) is 72.8 Å². The number of rotatable bonds is 4. The first-order chi connectivity index (χ1) is 15.2. The van der Waals surface area contributed by atoms with Gasteiger partial charge in [0.05, 0.1) is 20.3 Å². The van der Waals surface area contributed by atoms with Crippen LogP contribution in [0, 0.1) is 0 Å². The lowest BCUT2D eigenvalue weighted by atomic mass is 9.88. The number of H-pyrrole nitrogens is 1. The molecule has 5 nitrogen and oxygen atoms in total. The Kier molecular flexibility index (Phi) is 4.96. The quantitative estimate of drug-likeness (QED) is 0.480. The van der Waals surface area contributed by atoms with Crippen molar-refractivity contribution >= 4 is 16.9 Å². The lowest BCUT2D eigenvalue weighted by Crippen LogP contribution is -2.45. The number of ether oxygens (including phenoxy) is 2. The maximum absolute atomic E-state index is 12.5. The highest BCUT2D eigenvalue weighted by molar-refractivity contribution is 5.87. The van der Waals surface area contributed by atoms with Gasteiger partial charge in [-0.05, 0) is 34.9 Å². The van der Waals surface area contributed by atoms with Gasteiger partial charge in [-0.15, -0.1) is 0 Å². The van der Waals surface area contributed by atoms with Gasteiger partial charge >= 0.3 is 5.97 Å². The summed E-state index contributed by atoms with van der Waals surface area (Å²) in [4.78, 5) is 16.1. The van der Waals surface area contributed by atoms with Gasteiger partial charge in [-0.3, -0.25) is 10.1 Å². The van der Waals surface area contributed by atoms with Gasteiger partial charge in [-0.1, -0.05) is 54.6 Å². The zero-order valence-corrected chi connectivity index (χ0v) is 17.5. The van der Waals surface area contributed by atoms with E-state index in [0.717, 1.165) is 44.6 Å². The van der Waals surface area contributed by atoms with Gasteiger partial charge in [-0.2, -0.15) is 0 Å². The summed E-state index contributed by atoms with van der Waals surface area (Å²) in [5.41, 5.74) is 6.46. The van der Waals surface area contributed by atoms with Crippen LogP contribution in [0.4, 0.5) is 0 Å². The van der Waals surface area contributed by atoms with Gasteiger partial charge in [-0.25, -0.2) is 0 Å². The van der Waals surface area contributed by atoms with Crippen molar-refractivity contribution in [1.29, 1.82) is 0 Å². The molecule has 2 atom stereocenters. The van der Waals surface area contributed by atoms with Gasteiger partial charge in [0.1, 0.15) is 11.8 Å². The minimum atomic E-state index is -0.438. The van der Waals surface area contributed by atoms with Gasteiger partial charge in [0.25, 0.3) is 0 Å². The third-order valence-corrected chi connectivity index (χ3v) is 6.04. The molecule has 0 radical (unpaired) electrons. The van der Waals surface area contributed by atoms with Crippen molar-refractivity contribution in [2.45, 2.75) is 18.5 Å². The zero-order chi connectivity index (χ0) is 21.4. The third kappa shape index (κ3) is 3.37. The molecule has 5 rings (SSSR count). The second-order valence-corrected chi connectivity index (χ2v) is 7.77. The van der Waals surface area contributed by atoms with Gasteiger partial charge < -0.3 is 14.5 Å². The molecule has 4 aromatic rings. The molecule has 5 heteroatoms. The number of hydrogen-bond donors (Lipinski definition) is 2. The second-order valence-electron chi connectivity index (χ2n) is 7.77. The van der Waals surface area contributed by atoms with E-state index in [2.05, 4.69) is 46.7 Å². The molecule has 156 valence electrons. The van der Waals surface area contributed by atoms with E-state index in [0.29, 0.717) is 6.42 Å². The molecular weight excluding hydrogens is 388 g/mol. The molecule has 0 fully saturated rings. The molecule has 0 amide bonds. The number of aromatic amines is 1. The van der Waals surface area contributed by atoms with E-state index >= 15 is 0 Å². The maximum Gasteiger partial charge on any atom is 0.323 e. The molecule has 1 aromatic heterocycles. The van der Waals surface area contributed by atoms with Crippen LogP contribution in [-0.2, 0) is 16.0 Å². The summed E-state index contributed by atoms with van der Waals surface area (Å²) in [7, 11) is 3.11. The van der Waals surface area contributed by atoms with Crippen molar-refractivity contribution in [2.75, 3.05) is 14.2 Å². The lowest BCUT2D eigenvalue weighted by molar-refractivity contribution is -0.143. The predicted octanol–water partition coefficient (Wildman–Crippen LogP) is 4.62. The van der Waals surface area contributed by atoms with Gasteiger partial charge in [0.15, 0.2) is 0 Å². The Bertz CT molecular complexity index is 1250. The normalized spacial score (nSPS) is 17.9. The molecule has 0 bridgehead atoms. The average molecular weight is 412 g/mol. The number of nitrogens with one attached hydrogen (secondary N) is 2. The molecule has 1 aliphatic rings. The van der Waals surface area contributed by atoms with E-state index in [9.17, 15) is 4.79 Å². The first-order valence-electron chi connectivity index (χ1n) is 10.4. The Morgan fingerprint density at radius 3 is 2.48 bits per heavy atom. The first-order valence-corrected chi connectivity index (χ1v) is 10.4. The SMILES string of the molecule is COC(=O)C1Cc2c([nH]c3ccccc23)C(c2cc(-c3ccccc3)ccc2OC)N1. The van der Waals surface area contributed by atoms with Gasteiger partial charge in [0, 0.05) is 28.6 Å². The maximum atomic E-state index is 12.5. The molecule has 0 aliphatic carbocycles. The molecule has 0 saturated carbocycles. The molecule has 1 aliphatic heterocycles. The van der Waals surface area contributed by atoms with Crippen LogP contribution in [0.5, 0.6) is 5.75 Å². The highest BCUT2D eigenvalue weighted by atomic mass is 16.5. The fraction of sp³-hybridized carbons (Fsp3) is 0.192. The van der Waals surface area contributed by atoms with Crippen LogP contribution in [-0.4, -0.2) is 31.2 Å². The number of fused-ring (bicyclic) bond motifs is 3. The summed E-state index contributed by atoms with van der Waals surface area (Å²) in [5.74, 6) is 0.506. The molecule has 0 spiro atoms. The standard InChI is InChI=1S/C26H24N2O3/c1-30-23-13-12-17(16-8-4-3-5-9-16)14-20(23)25-24-19(15-22(28-25)26(29)31-2)18-10-6-7-11-21(18)27-24/h3-14,22,25,27-28H,15H2,1-2H3. The zero-order valence-electron chi connectivity index (χ0n) is 17.5. The van der Waals surface area contributed by atoms with Crippen LogP contribution in [0.1, 0.15) is 22.9 Å². The van der Waals surface area contributed by atoms with Crippen molar-refractivity contribution in [1.82, 2.24) is 10.3 Å². The van der Waals surface area contributed by atoms with Crippen LogP contribution in [0.2, 0.25) is 0 Å². The van der Waals surface area contributed by atoms with Crippen molar-refractivity contribution in [3.05, 3.63) is 89.6 Å². The number of methoxy groups -OCH3 is 2. The summed E-state index contributed by atoms with van der Waals surface area (Å²) in [6, 6.07) is 24.0. The number of esters is 1. The molecule has 31 heavy (non-hydrogen) atoms. The summed E-state index contributed by atoms with van der Waals surface area (Å²) >= 11 is 0. The molecule has 0 saturated heterocycles. The fourth-order valence-electron chi connectivity index (χ4n) is 4.54. The summed E-state index contributed by atoms with van der Waals surface area (Å²) in [5, 5.41) is 4.64. The second kappa shape index (κ2) is 7.93.